The summed E-state index contributed by atoms with van der Waals surface area (Å²) < 4.78 is 24.7. The number of hydrogen-bond acceptors (Lipinski definition) is 2. The fraction of sp³-hybridized carbons (Fsp3) is 0. The van der Waals surface area contributed by atoms with Crippen molar-refractivity contribution in [3.05, 3.63) is 43.1 Å². The zero-order chi connectivity index (χ0) is 9.03. The van der Waals surface area contributed by atoms with Gasteiger partial charge in [0.05, 0.1) is 4.90 Å². The SMILES string of the molecule is C=CNS(=O)(=O)c1ccccc1.[H-].[Li+]. The molecule has 0 aliphatic rings. The molecule has 0 spiro atoms. The Morgan fingerprint density at radius 2 is 1.85 bits per heavy atom. The Hall–Kier alpha value is -0.693. The third kappa shape index (κ3) is 3.27. The van der Waals surface area contributed by atoms with Gasteiger partial charge in [-0.25, -0.2) is 8.42 Å². The van der Waals surface area contributed by atoms with Gasteiger partial charge in [0, 0.05) is 6.20 Å². The standard InChI is InChI=1S/C8H9NO2S.Li.H/c1-2-9-12(10,11)8-6-4-3-5-7-8;;/h2-7,9H,1H2;;/q;+1;-1. The van der Waals surface area contributed by atoms with Crippen molar-refractivity contribution in [2.45, 2.75) is 4.90 Å². The normalized spacial score (nSPS) is 9.85. The monoisotopic (exact) mass is 191 g/mol. The zero-order valence-corrected chi connectivity index (χ0v) is 8.21. The summed E-state index contributed by atoms with van der Waals surface area (Å²) in [5.74, 6) is 0. The van der Waals surface area contributed by atoms with Gasteiger partial charge in [-0.15, -0.1) is 0 Å². The summed E-state index contributed by atoms with van der Waals surface area (Å²) in [5.41, 5.74) is 0. The molecule has 0 radical (unpaired) electrons. The Morgan fingerprint density at radius 1 is 1.31 bits per heavy atom. The van der Waals surface area contributed by atoms with Crippen LogP contribution in [0, 0.1) is 0 Å². The topological polar surface area (TPSA) is 46.2 Å². The van der Waals surface area contributed by atoms with Gasteiger partial charge in [0.15, 0.2) is 0 Å². The molecule has 3 nitrogen and oxygen atoms in total. The molecule has 1 aromatic rings. The van der Waals surface area contributed by atoms with Crippen LogP contribution in [-0.4, -0.2) is 8.42 Å². The first-order valence-corrected chi connectivity index (χ1v) is 4.83. The second-order valence-electron chi connectivity index (χ2n) is 2.14. The molecule has 0 bridgehead atoms. The van der Waals surface area contributed by atoms with Crippen molar-refractivity contribution >= 4 is 10.0 Å². The molecule has 0 aliphatic carbocycles. The summed E-state index contributed by atoms with van der Waals surface area (Å²) in [5, 5.41) is 0. The summed E-state index contributed by atoms with van der Waals surface area (Å²) in [7, 11) is -3.38. The maximum absolute atomic E-state index is 11.2. The molecule has 0 saturated carbocycles. The van der Waals surface area contributed by atoms with Crippen LogP contribution in [0.1, 0.15) is 1.43 Å². The third-order valence-corrected chi connectivity index (χ3v) is 2.66. The second kappa shape index (κ2) is 5.13. The van der Waals surface area contributed by atoms with Crippen molar-refractivity contribution < 1.29 is 28.7 Å². The van der Waals surface area contributed by atoms with E-state index >= 15 is 0 Å². The van der Waals surface area contributed by atoms with E-state index in [-0.39, 0.29) is 25.2 Å². The van der Waals surface area contributed by atoms with Crippen LogP contribution in [0.3, 0.4) is 0 Å². The predicted octanol–water partition coefficient (Wildman–Crippen LogP) is -1.78. The maximum atomic E-state index is 11.2. The van der Waals surface area contributed by atoms with Crippen molar-refractivity contribution in [3.63, 3.8) is 0 Å². The molecule has 0 heterocycles. The summed E-state index contributed by atoms with van der Waals surface area (Å²) in [6, 6.07) is 8.12. The molecule has 0 aliphatic heterocycles. The molecule has 0 fully saturated rings. The summed E-state index contributed by atoms with van der Waals surface area (Å²) in [6.45, 7) is 3.28. The van der Waals surface area contributed by atoms with Gasteiger partial charge >= 0.3 is 18.9 Å². The van der Waals surface area contributed by atoms with E-state index in [0.717, 1.165) is 6.20 Å². The quantitative estimate of drug-likeness (QED) is 0.574. The zero-order valence-electron chi connectivity index (χ0n) is 8.40. The molecule has 1 aromatic carbocycles. The minimum atomic E-state index is -3.38. The van der Waals surface area contributed by atoms with E-state index < -0.39 is 10.0 Å². The fourth-order valence-corrected chi connectivity index (χ4v) is 1.65. The predicted molar refractivity (Wildman–Crippen MR) is 48.1 cm³/mol. The Morgan fingerprint density at radius 3 is 2.31 bits per heavy atom. The fourth-order valence-electron chi connectivity index (χ4n) is 0.777. The first kappa shape index (κ1) is 12.3. The van der Waals surface area contributed by atoms with Crippen molar-refractivity contribution in [1.29, 1.82) is 0 Å². The Kier molecular flexibility index (Phi) is 4.85. The van der Waals surface area contributed by atoms with E-state index in [9.17, 15) is 8.42 Å². The van der Waals surface area contributed by atoms with Crippen LogP contribution in [0.4, 0.5) is 0 Å². The van der Waals surface area contributed by atoms with Gasteiger partial charge in [-0.3, -0.25) is 4.72 Å². The molecular weight excluding hydrogens is 181 g/mol. The van der Waals surface area contributed by atoms with Gasteiger partial charge in [0.1, 0.15) is 0 Å². The molecule has 0 atom stereocenters. The van der Waals surface area contributed by atoms with E-state index in [4.69, 9.17) is 0 Å². The molecule has 66 valence electrons. The van der Waals surface area contributed by atoms with Crippen molar-refractivity contribution in [2.75, 3.05) is 0 Å². The van der Waals surface area contributed by atoms with E-state index in [1.807, 2.05) is 0 Å². The smallest absolute Gasteiger partial charge is 1.00 e. The molecule has 0 aromatic heterocycles. The third-order valence-electron chi connectivity index (χ3n) is 1.29. The van der Waals surface area contributed by atoms with Crippen LogP contribution in [0.25, 0.3) is 0 Å². The number of nitrogens with one attached hydrogen (secondary N) is 1. The van der Waals surface area contributed by atoms with E-state index in [2.05, 4.69) is 11.3 Å². The summed E-state index contributed by atoms with van der Waals surface area (Å²) in [6.07, 6.45) is 1.14. The van der Waals surface area contributed by atoms with Gasteiger partial charge in [-0.05, 0) is 12.1 Å². The minimum absolute atomic E-state index is 0. The minimum Gasteiger partial charge on any atom is -1.00 e. The number of rotatable bonds is 3. The maximum Gasteiger partial charge on any atom is 1.00 e. The summed E-state index contributed by atoms with van der Waals surface area (Å²) >= 11 is 0. The van der Waals surface area contributed by atoms with Gasteiger partial charge < -0.3 is 1.43 Å². The Bertz CT molecular complexity index is 366. The van der Waals surface area contributed by atoms with Crippen molar-refractivity contribution in [2.24, 2.45) is 0 Å². The van der Waals surface area contributed by atoms with Crippen LogP contribution in [0.2, 0.25) is 0 Å². The number of benzene rings is 1. The first-order chi connectivity index (χ1) is 5.67. The molecule has 0 amide bonds. The molecule has 1 N–H and O–H groups in total. The number of sulfonamides is 1. The van der Waals surface area contributed by atoms with Crippen LogP contribution >= 0.6 is 0 Å². The molecule has 1 rings (SSSR count). The average molecular weight is 191 g/mol. The van der Waals surface area contributed by atoms with E-state index in [0.29, 0.717) is 0 Å². The van der Waals surface area contributed by atoms with Gasteiger partial charge in [-0.1, -0.05) is 24.8 Å². The average Bonchev–Trinajstić information content (AvgIpc) is 2.06. The van der Waals surface area contributed by atoms with Crippen LogP contribution < -0.4 is 23.6 Å². The Labute approximate surface area is 91.6 Å². The van der Waals surface area contributed by atoms with Gasteiger partial charge in [-0.2, -0.15) is 0 Å². The van der Waals surface area contributed by atoms with Crippen molar-refractivity contribution in [3.8, 4) is 0 Å². The molecule has 0 unspecified atom stereocenters. The van der Waals surface area contributed by atoms with Gasteiger partial charge in [0.25, 0.3) is 10.0 Å². The van der Waals surface area contributed by atoms with E-state index in [1.165, 1.54) is 12.1 Å². The molecular formula is C8H10LiNO2S. The van der Waals surface area contributed by atoms with Gasteiger partial charge in [0.2, 0.25) is 0 Å². The van der Waals surface area contributed by atoms with Crippen molar-refractivity contribution in [1.82, 2.24) is 4.72 Å². The van der Waals surface area contributed by atoms with Crippen LogP contribution in [0.15, 0.2) is 48.0 Å². The van der Waals surface area contributed by atoms with Crippen LogP contribution in [-0.2, 0) is 10.0 Å². The second-order valence-corrected chi connectivity index (χ2v) is 3.85. The van der Waals surface area contributed by atoms with E-state index in [1.54, 1.807) is 18.2 Å². The molecule has 13 heavy (non-hydrogen) atoms. The Balaban J connectivity index is 0. The first-order valence-electron chi connectivity index (χ1n) is 3.35. The molecule has 0 saturated heterocycles. The largest absolute Gasteiger partial charge is 1.00 e. The summed E-state index contributed by atoms with van der Waals surface area (Å²) in [4.78, 5) is 0.241. The molecule has 5 heteroatoms. The van der Waals surface area contributed by atoms with Crippen LogP contribution in [0.5, 0.6) is 0 Å². The number of hydrogen-bond donors (Lipinski definition) is 1.